The summed E-state index contributed by atoms with van der Waals surface area (Å²) in [7, 11) is -3.68. The van der Waals surface area contributed by atoms with E-state index in [2.05, 4.69) is 0 Å². The van der Waals surface area contributed by atoms with Crippen molar-refractivity contribution in [3.63, 3.8) is 0 Å². The molecule has 0 radical (unpaired) electrons. The van der Waals surface area contributed by atoms with Crippen LogP contribution in [0.15, 0.2) is 82.4 Å². The van der Waals surface area contributed by atoms with Crippen LogP contribution in [0.2, 0.25) is 0 Å². The van der Waals surface area contributed by atoms with E-state index in [1.54, 1.807) is 55.1 Å². The summed E-state index contributed by atoms with van der Waals surface area (Å²) >= 11 is 0. The van der Waals surface area contributed by atoms with Crippen LogP contribution in [0.1, 0.15) is 32.8 Å². The number of nitrogens with zero attached hydrogens (tertiary/aromatic N) is 5. The minimum absolute atomic E-state index is 0.0733. The first-order valence-corrected chi connectivity index (χ1v) is 15.2. The first-order valence-electron chi connectivity index (χ1n) is 13.7. The van der Waals surface area contributed by atoms with Gasteiger partial charge in [0.1, 0.15) is 11.6 Å². The largest absolute Gasteiger partial charge is 0.379 e. The molecule has 0 aliphatic carbocycles. The van der Waals surface area contributed by atoms with Crippen molar-refractivity contribution in [3.8, 4) is 23.0 Å². The van der Waals surface area contributed by atoms with Crippen molar-refractivity contribution in [1.29, 1.82) is 5.26 Å². The number of aromatic nitrogens is 2. The normalized spacial score (nSPS) is 18.4. The van der Waals surface area contributed by atoms with E-state index in [4.69, 9.17) is 9.84 Å². The lowest BCUT2D eigenvalue weighted by atomic mass is 9.92. The number of benzene rings is 2. The molecule has 1 saturated heterocycles. The van der Waals surface area contributed by atoms with E-state index in [1.165, 1.54) is 4.31 Å². The van der Waals surface area contributed by atoms with E-state index in [0.717, 1.165) is 10.6 Å². The van der Waals surface area contributed by atoms with Gasteiger partial charge < -0.3 is 4.74 Å². The van der Waals surface area contributed by atoms with Crippen molar-refractivity contribution in [2.75, 3.05) is 26.3 Å². The van der Waals surface area contributed by atoms with Gasteiger partial charge in [-0.05, 0) is 56.2 Å². The first kappa shape index (κ1) is 29.1. The molecule has 1 atom stereocenters. The number of para-hydroxylation sites is 1. The number of rotatable bonds is 7. The summed E-state index contributed by atoms with van der Waals surface area (Å²) in [6, 6.07) is 17.5. The summed E-state index contributed by atoms with van der Waals surface area (Å²) in [4.78, 5) is 27.9. The topological polar surface area (TPSA) is 126 Å². The average molecular weight is 586 g/mol. The minimum atomic E-state index is -3.68. The Labute approximate surface area is 245 Å². The van der Waals surface area contributed by atoms with E-state index in [0.29, 0.717) is 55.1 Å². The molecule has 0 N–H and O–H groups in total. The van der Waals surface area contributed by atoms with Crippen LogP contribution in [-0.4, -0.2) is 71.6 Å². The van der Waals surface area contributed by atoms with Crippen molar-refractivity contribution in [2.24, 2.45) is 0 Å². The molecule has 10 nitrogen and oxygen atoms in total. The van der Waals surface area contributed by atoms with Gasteiger partial charge in [-0.3, -0.25) is 14.5 Å². The number of nitriles is 1. The number of imide groups is 1. The van der Waals surface area contributed by atoms with Crippen LogP contribution < -0.4 is 0 Å². The third-order valence-electron chi connectivity index (χ3n) is 7.60. The summed E-state index contributed by atoms with van der Waals surface area (Å²) in [6.07, 6.45) is 3.96. The van der Waals surface area contributed by atoms with Gasteiger partial charge in [-0.25, -0.2) is 13.1 Å². The monoisotopic (exact) mass is 585 g/mol. The van der Waals surface area contributed by atoms with Gasteiger partial charge in [0.05, 0.1) is 29.5 Å². The van der Waals surface area contributed by atoms with Crippen molar-refractivity contribution in [2.45, 2.75) is 38.1 Å². The maximum atomic E-state index is 13.6. The predicted octanol–water partition coefficient (Wildman–Crippen LogP) is 3.95. The Kier molecular flexibility index (Phi) is 8.22. The Hall–Kier alpha value is -4.37. The molecule has 1 aromatic heterocycles. The molecule has 2 aromatic carbocycles. The third kappa shape index (κ3) is 5.32. The van der Waals surface area contributed by atoms with E-state index < -0.39 is 27.9 Å². The second-order valence-electron chi connectivity index (χ2n) is 10.2. The highest BCUT2D eigenvalue weighted by molar-refractivity contribution is 7.89. The maximum Gasteiger partial charge on any atom is 0.271 e. The Bertz CT molecular complexity index is 1730. The van der Waals surface area contributed by atoms with Gasteiger partial charge in [-0.15, -0.1) is 0 Å². The first-order chi connectivity index (χ1) is 20.2. The van der Waals surface area contributed by atoms with Gasteiger partial charge >= 0.3 is 0 Å². The SMILES string of the molecule is CCC(C)N1C(=O)C(C#N)=C(C)/C(=C\c2cn(-c3ccccc3)nc2-c2ccc(S(=O)(=O)N3CCOCC3)cc2)C1=O. The van der Waals surface area contributed by atoms with Crippen molar-refractivity contribution in [3.05, 3.63) is 83.1 Å². The molecule has 42 heavy (non-hydrogen) atoms. The van der Waals surface area contributed by atoms with E-state index in [1.807, 2.05) is 43.3 Å². The van der Waals surface area contributed by atoms with Crippen LogP contribution in [-0.2, 0) is 24.3 Å². The van der Waals surface area contributed by atoms with Crippen LogP contribution in [0.4, 0.5) is 0 Å². The third-order valence-corrected chi connectivity index (χ3v) is 9.52. The number of carbonyl (C=O) groups excluding carboxylic acids is 2. The Balaban J connectivity index is 1.62. The standard InChI is InChI=1S/C31H31N5O5S/c1-4-21(2)36-30(37)27(22(3)28(19-32)31(36)38)18-24-20-35(25-8-6-5-7-9-25)33-29(24)23-10-12-26(13-11-23)42(39,40)34-14-16-41-17-15-34/h5-13,18,20-21H,4,14-17H2,1-3H3/b27-18+. The number of ether oxygens (including phenoxy) is 1. The zero-order valence-corrected chi connectivity index (χ0v) is 24.5. The summed E-state index contributed by atoms with van der Waals surface area (Å²) < 4.78 is 34.7. The lowest BCUT2D eigenvalue weighted by Crippen LogP contribution is -2.47. The number of hydrogen-bond donors (Lipinski definition) is 0. The van der Waals surface area contributed by atoms with Gasteiger partial charge in [0, 0.05) is 42.0 Å². The summed E-state index contributed by atoms with van der Waals surface area (Å²) in [5, 5.41) is 14.6. The van der Waals surface area contributed by atoms with Crippen molar-refractivity contribution >= 4 is 27.9 Å². The number of amides is 2. The number of carbonyl (C=O) groups is 2. The van der Waals surface area contributed by atoms with E-state index >= 15 is 0 Å². The minimum Gasteiger partial charge on any atom is -0.379 e. The fraction of sp³-hybridized carbons (Fsp3) is 0.290. The molecule has 3 aromatic rings. The van der Waals surface area contributed by atoms with Crippen LogP contribution in [0, 0.1) is 11.3 Å². The van der Waals surface area contributed by atoms with Gasteiger partial charge in [0.25, 0.3) is 11.8 Å². The van der Waals surface area contributed by atoms with Gasteiger partial charge in [-0.1, -0.05) is 37.3 Å². The molecule has 5 rings (SSSR count). The second-order valence-corrected chi connectivity index (χ2v) is 12.1. The van der Waals surface area contributed by atoms with Crippen molar-refractivity contribution < 1.29 is 22.7 Å². The van der Waals surface area contributed by atoms with Crippen LogP contribution in [0.3, 0.4) is 0 Å². The maximum absolute atomic E-state index is 13.6. The molecule has 2 aliphatic rings. The Morgan fingerprint density at radius 1 is 1.05 bits per heavy atom. The molecule has 1 fully saturated rings. The predicted molar refractivity (Wildman–Crippen MR) is 156 cm³/mol. The van der Waals surface area contributed by atoms with E-state index in [9.17, 15) is 23.3 Å². The van der Waals surface area contributed by atoms with Gasteiger partial charge in [-0.2, -0.15) is 14.7 Å². The molecule has 2 amide bonds. The van der Waals surface area contributed by atoms with Crippen LogP contribution in [0.5, 0.6) is 0 Å². The molecule has 0 saturated carbocycles. The molecule has 2 aliphatic heterocycles. The summed E-state index contributed by atoms with van der Waals surface area (Å²) in [5.74, 6) is -1.07. The average Bonchev–Trinajstić information content (AvgIpc) is 3.44. The Morgan fingerprint density at radius 2 is 1.71 bits per heavy atom. The molecule has 0 bridgehead atoms. The number of hydrogen-bond acceptors (Lipinski definition) is 7. The summed E-state index contributed by atoms with van der Waals surface area (Å²) in [5.41, 5.74) is 2.96. The summed E-state index contributed by atoms with van der Waals surface area (Å²) in [6.45, 7) is 6.54. The van der Waals surface area contributed by atoms with Gasteiger partial charge in [0.15, 0.2) is 0 Å². The zero-order chi connectivity index (χ0) is 30.0. The van der Waals surface area contributed by atoms with Gasteiger partial charge in [0.2, 0.25) is 10.0 Å². The lowest BCUT2D eigenvalue weighted by molar-refractivity contribution is -0.142. The van der Waals surface area contributed by atoms with E-state index in [-0.39, 0.29) is 16.0 Å². The molecule has 0 spiro atoms. The van der Waals surface area contributed by atoms with Crippen molar-refractivity contribution in [1.82, 2.24) is 19.0 Å². The highest BCUT2D eigenvalue weighted by Crippen LogP contribution is 2.33. The smallest absolute Gasteiger partial charge is 0.271 e. The lowest BCUT2D eigenvalue weighted by Gasteiger charge is -2.31. The fourth-order valence-electron chi connectivity index (χ4n) is 4.99. The zero-order valence-electron chi connectivity index (χ0n) is 23.6. The number of sulfonamides is 1. The fourth-order valence-corrected chi connectivity index (χ4v) is 6.40. The molecular formula is C31H31N5O5S. The Morgan fingerprint density at radius 3 is 2.33 bits per heavy atom. The molecule has 3 heterocycles. The highest BCUT2D eigenvalue weighted by atomic mass is 32.2. The van der Waals surface area contributed by atoms with Crippen LogP contribution in [0.25, 0.3) is 23.0 Å². The van der Waals surface area contributed by atoms with Crippen LogP contribution >= 0.6 is 0 Å². The highest BCUT2D eigenvalue weighted by Gasteiger charge is 2.38. The number of morpholine rings is 1. The quantitative estimate of drug-likeness (QED) is 0.304. The molecule has 1 unspecified atom stereocenters. The molecule has 11 heteroatoms. The molecular weight excluding hydrogens is 554 g/mol. The molecule has 216 valence electrons. The second kappa shape index (κ2) is 11.9.